The smallest absolute Gasteiger partial charge is 0.355 e. The van der Waals surface area contributed by atoms with Gasteiger partial charge in [0.2, 0.25) is 0 Å². The monoisotopic (exact) mass is 458 g/mol. The van der Waals surface area contributed by atoms with Crippen LogP contribution in [0.5, 0.6) is 0 Å². The van der Waals surface area contributed by atoms with Crippen molar-refractivity contribution < 1.29 is 33.4 Å². The van der Waals surface area contributed by atoms with Crippen LogP contribution in [-0.4, -0.2) is 68.8 Å². The van der Waals surface area contributed by atoms with Gasteiger partial charge in [0.05, 0.1) is 11.1 Å². The molecule has 1 fully saturated rings. The first-order valence-electron chi connectivity index (χ1n) is 10.0. The van der Waals surface area contributed by atoms with E-state index in [1.165, 1.54) is 23.6 Å². The van der Waals surface area contributed by atoms with Gasteiger partial charge >= 0.3 is 11.9 Å². The summed E-state index contributed by atoms with van der Waals surface area (Å²) in [6, 6.07) is 5.38. The number of fused-ring (bicyclic) bond motifs is 2. The summed E-state index contributed by atoms with van der Waals surface area (Å²) in [6.45, 7) is 6.19. The lowest BCUT2D eigenvalue weighted by Gasteiger charge is -2.51. The van der Waals surface area contributed by atoms with Crippen LogP contribution in [0.4, 0.5) is 0 Å². The third-order valence-corrected chi connectivity index (χ3v) is 6.49. The minimum Gasteiger partial charge on any atom is -0.461 e. The van der Waals surface area contributed by atoms with E-state index in [9.17, 15) is 24.0 Å². The highest BCUT2D eigenvalue weighted by Gasteiger charge is 2.60. The number of β-lactam (4-membered cyclic amide) rings is 1. The summed E-state index contributed by atoms with van der Waals surface area (Å²) in [6.07, 6.45) is 0. The van der Waals surface area contributed by atoms with Crippen molar-refractivity contribution in [1.29, 1.82) is 0 Å². The quantitative estimate of drug-likeness (QED) is 0.381. The van der Waals surface area contributed by atoms with E-state index < -0.39 is 46.7 Å². The number of thioether (sulfide) groups is 1. The number of ether oxygens (including phenoxy) is 2. The average molecular weight is 458 g/mol. The van der Waals surface area contributed by atoms with Gasteiger partial charge in [-0.3, -0.25) is 29.0 Å². The highest BCUT2D eigenvalue weighted by atomic mass is 32.2. The minimum absolute atomic E-state index is 0.00258. The van der Waals surface area contributed by atoms with Gasteiger partial charge in [0.1, 0.15) is 29.3 Å². The Labute approximate surface area is 188 Å². The Balaban J connectivity index is 1.65. The molecule has 32 heavy (non-hydrogen) atoms. The van der Waals surface area contributed by atoms with Crippen LogP contribution < -0.4 is 0 Å². The molecule has 4 rings (SSSR count). The summed E-state index contributed by atoms with van der Waals surface area (Å²) in [5, 5.41) is -0.631. The molecule has 0 N–H and O–H groups in total. The fourth-order valence-electron chi connectivity index (χ4n) is 3.84. The van der Waals surface area contributed by atoms with Gasteiger partial charge in [-0.25, -0.2) is 4.79 Å². The zero-order valence-electron chi connectivity index (χ0n) is 18.0. The van der Waals surface area contributed by atoms with Crippen LogP contribution >= 0.6 is 11.8 Å². The topological polar surface area (TPSA) is 110 Å². The molecule has 0 aromatic heterocycles. The molecule has 2 atom stereocenters. The number of nitrogens with zero attached hydrogens (tertiary/aromatic N) is 2. The van der Waals surface area contributed by atoms with Gasteiger partial charge in [0, 0.05) is 18.2 Å². The summed E-state index contributed by atoms with van der Waals surface area (Å²) in [7, 11) is 0. The Morgan fingerprint density at radius 1 is 1.06 bits per heavy atom. The third-order valence-electron chi connectivity index (χ3n) is 5.16. The van der Waals surface area contributed by atoms with Crippen molar-refractivity contribution in [1.82, 2.24) is 9.80 Å². The molecule has 0 aliphatic carbocycles. The molecule has 3 amide bonds. The molecule has 168 valence electrons. The Kier molecular flexibility index (Phi) is 5.36. The van der Waals surface area contributed by atoms with Gasteiger partial charge in [-0.05, 0) is 32.9 Å². The lowest BCUT2D eigenvalue weighted by Crippen LogP contribution is -2.71. The predicted molar refractivity (Wildman–Crippen MR) is 113 cm³/mol. The van der Waals surface area contributed by atoms with Crippen LogP contribution in [0.1, 0.15) is 48.4 Å². The van der Waals surface area contributed by atoms with Crippen LogP contribution in [0.15, 0.2) is 35.5 Å². The fourth-order valence-corrected chi connectivity index (χ4v) is 5.21. The minimum atomic E-state index is -1.03. The Morgan fingerprint density at radius 3 is 2.19 bits per heavy atom. The van der Waals surface area contributed by atoms with E-state index in [1.807, 2.05) is 0 Å². The second-order valence-electron chi connectivity index (χ2n) is 8.61. The highest BCUT2D eigenvalue weighted by molar-refractivity contribution is 8.00. The molecule has 0 spiro atoms. The van der Waals surface area contributed by atoms with Crippen molar-refractivity contribution in [3.05, 3.63) is 46.7 Å². The predicted octanol–water partition coefficient (Wildman–Crippen LogP) is 1.73. The maximum atomic E-state index is 13.2. The number of benzene rings is 1. The summed E-state index contributed by atoms with van der Waals surface area (Å²) >= 11 is 1.30. The molecule has 0 saturated carbocycles. The van der Waals surface area contributed by atoms with Gasteiger partial charge in [-0.15, -0.1) is 11.8 Å². The van der Waals surface area contributed by atoms with Gasteiger partial charge in [-0.2, -0.15) is 0 Å². The maximum Gasteiger partial charge on any atom is 0.355 e. The van der Waals surface area contributed by atoms with Crippen molar-refractivity contribution in [3.63, 3.8) is 0 Å². The normalized spacial score (nSPS) is 22.4. The zero-order valence-corrected chi connectivity index (χ0v) is 18.9. The average Bonchev–Trinajstić information content (AvgIpc) is 2.95. The molecule has 9 nitrogen and oxygen atoms in total. The van der Waals surface area contributed by atoms with E-state index in [2.05, 4.69) is 0 Å². The van der Waals surface area contributed by atoms with Crippen molar-refractivity contribution >= 4 is 41.4 Å². The van der Waals surface area contributed by atoms with Gasteiger partial charge < -0.3 is 9.47 Å². The molecular formula is C22H22N2O7S. The number of carbonyl (C=O) groups is 5. The first-order valence-corrected chi connectivity index (χ1v) is 11.1. The number of imide groups is 1. The van der Waals surface area contributed by atoms with Crippen LogP contribution in [0, 0.1) is 0 Å². The standard InChI is InChI=1S/C22H22N2O7S/c1-11(25)30-9-12-10-32-20-16(19(28)24(20)15(12)21(29)31-22(2,3)4)23-17(26)13-7-5-6-8-14(13)18(23)27/h5-8,16,20H,9-10H2,1-4H3/t16?,20-/m0/s1. The van der Waals surface area contributed by atoms with Crippen LogP contribution in [0.2, 0.25) is 0 Å². The Hall–Kier alpha value is -3.14. The van der Waals surface area contributed by atoms with Gasteiger partial charge in [0.15, 0.2) is 0 Å². The second kappa shape index (κ2) is 7.77. The fraction of sp³-hybridized carbons (Fsp3) is 0.409. The maximum absolute atomic E-state index is 13.2. The van der Waals surface area contributed by atoms with E-state index in [0.29, 0.717) is 5.57 Å². The van der Waals surface area contributed by atoms with E-state index in [-0.39, 0.29) is 29.2 Å². The molecule has 0 radical (unpaired) electrons. The van der Waals surface area contributed by atoms with E-state index in [4.69, 9.17) is 9.47 Å². The highest BCUT2D eigenvalue weighted by Crippen LogP contribution is 2.44. The van der Waals surface area contributed by atoms with Crippen molar-refractivity contribution in [3.8, 4) is 0 Å². The summed E-state index contributed by atoms with van der Waals surface area (Å²) in [5.41, 5.74) is 0.130. The molecule has 1 saturated heterocycles. The largest absolute Gasteiger partial charge is 0.461 e. The van der Waals surface area contributed by atoms with Crippen LogP contribution in [0.3, 0.4) is 0 Å². The molecule has 3 aliphatic rings. The first-order chi connectivity index (χ1) is 15.0. The number of esters is 2. The molecule has 1 unspecified atom stereocenters. The van der Waals surface area contributed by atoms with Crippen LogP contribution in [0.25, 0.3) is 0 Å². The number of hydrogen-bond donors (Lipinski definition) is 0. The molecule has 3 aliphatic heterocycles. The third kappa shape index (κ3) is 3.58. The SMILES string of the molecule is CC(=O)OCC1=C(C(=O)OC(C)(C)C)N2C(=O)C(N3C(=O)c4ccccc4C3=O)[C@@H]2SC1. The molecule has 10 heteroatoms. The molecule has 1 aromatic rings. The zero-order chi connectivity index (χ0) is 23.4. The summed E-state index contributed by atoms with van der Waals surface area (Å²) < 4.78 is 10.5. The van der Waals surface area contributed by atoms with E-state index in [0.717, 1.165) is 4.90 Å². The number of carbonyl (C=O) groups excluding carboxylic acids is 5. The first kappa shape index (κ1) is 22.1. The Bertz CT molecular complexity index is 1050. The number of amides is 3. The second-order valence-corrected chi connectivity index (χ2v) is 9.72. The lowest BCUT2D eigenvalue weighted by atomic mass is 10.0. The van der Waals surface area contributed by atoms with Crippen molar-refractivity contribution in [2.45, 2.75) is 44.7 Å². The van der Waals surface area contributed by atoms with Crippen molar-refractivity contribution in [2.24, 2.45) is 0 Å². The van der Waals surface area contributed by atoms with E-state index in [1.54, 1.807) is 45.0 Å². The summed E-state index contributed by atoms with van der Waals surface area (Å²) in [4.78, 5) is 65.4. The van der Waals surface area contributed by atoms with Crippen molar-refractivity contribution in [2.75, 3.05) is 12.4 Å². The molecule has 0 bridgehead atoms. The number of rotatable bonds is 4. The Morgan fingerprint density at radius 2 is 1.66 bits per heavy atom. The van der Waals surface area contributed by atoms with Gasteiger partial charge in [0.25, 0.3) is 17.7 Å². The molecule has 1 aromatic carbocycles. The molecular weight excluding hydrogens is 436 g/mol. The van der Waals surface area contributed by atoms with E-state index >= 15 is 0 Å². The molecule has 3 heterocycles. The van der Waals surface area contributed by atoms with Gasteiger partial charge in [-0.1, -0.05) is 12.1 Å². The number of hydrogen-bond acceptors (Lipinski definition) is 8. The lowest BCUT2D eigenvalue weighted by molar-refractivity contribution is -0.160. The van der Waals surface area contributed by atoms with Crippen LogP contribution in [-0.2, 0) is 23.9 Å². The summed E-state index contributed by atoms with van der Waals surface area (Å²) in [5.74, 6) is -2.59.